The Kier molecular flexibility index (Phi) is 3.97. The molecule has 0 bridgehead atoms. The lowest BCUT2D eigenvalue weighted by molar-refractivity contribution is -0.0450. The van der Waals surface area contributed by atoms with E-state index in [1.165, 1.54) is 18.3 Å². The zero-order valence-corrected chi connectivity index (χ0v) is 9.92. The standard InChI is InChI=1S/C8H10F3NO2S2/c1-6(5-7-3-2-4-15-7)12-16(13,14)8(9,10)11/h2-4,6,12H,5H2,1H3. The molecule has 8 heteroatoms. The van der Waals surface area contributed by atoms with Crippen molar-refractivity contribution in [2.24, 2.45) is 0 Å². The summed E-state index contributed by atoms with van der Waals surface area (Å²) in [6.07, 6.45) is 0.243. The molecule has 1 rings (SSSR count). The Labute approximate surface area is 95.3 Å². The van der Waals surface area contributed by atoms with Gasteiger partial charge in [0, 0.05) is 10.9 Å². The summed E-state index contributed by atoms with van der Waals surface area (Å²) in [5.41, 5.74) is -5.25. The topological polar surface area (TPSA) is 46.2 Å². The molecule has 0 radical (unpaired) electrons. The fourth-order valence-corrected chi connectivity index (χ4v) is 2.69. The Morgan fingerprint density at radius 1 is 1.50 bits per heavy atom. The molecule has 0 fully saturated rings. The molecule has 1 unspecified atom stereocenters. The second kappa shape index (κ2) is 4.72. The van der Waals surface area contributed by atoms with Gasteiger partial charge in [0.2, 0.25) is 0 Å². The van der Waals surface area contributed by atoms with Crippen LogP contribution in [0.2, 0.25) is 0 Å². The first kappa shape index (κ1) is 13.5. The van der Waals surface area contributed by atoms with E-state index in [9.17, 15) is 21.6 Å². The first-order valence-electron chi connectivity index (χ1n) is 4.33. The lowest BCUT2D eigenvalue weighted by Crippen LogP contribution is -2.42. The summed E-state index contributed by atoms with van der Waals surface area (Å²) in [4.78, 5) is 0.831. The van der Waals surface area contributed by atoms with Gasteiger partial charge < -0.3 is 0 Å². The second-order valence-corrected chi connectivity index (χ2v) is 5.99. The van der Waals surface area contributed by atoms with E-state index in [1.54, 1.807) is 22.2 Å². The molecular weight excluding hydrogens is 263 g/mol. The third-order valence-corrected chi connectivity index (χ3v) is 3.97. The van der Waals surface area contributed by atoms with Gasteiger partial charge in [0.1, 0.15) is 0 Å². The Bertz CT molecular complexity index is 425. The zero-order valence-electron chi connectivity index (χ0n) is 8.28. The number of thiophene rings is 1. The molecule has 1 heterocycles. The zero-order chi connectivity index (χ0) is 12.4. The molecule has 0 aliphatic heterocycles. The minimum absolute atomic E-state index is 0.243. The monoisotopic (exact) mass is 273 g/mol. The molecule has 92 valence electrons. The van der Waals surface area contributed by atoms with E-state index in [0.29, 0.717) is 0 Å². The first-order chi connectivity index (χ1) is 7.22. The number of hydrogen-bond acceptors (Lipinski definition) is 3. The highest BCUT2D eigenvalue weighted by atomic mass is 32.2. The van der Waals surface area contributed by atoms with Crippen LogP contribution in [0.5, 0.6) is 0 Å². The minimum Gasteiger partial charge on any atom is -0.204 e. The molecule has 3 nitrogen and oxygen atoms in total. The number of nitrogens with one attached hydrogen (secondary N) is 1. The van der Waals surface area contributed by atoms with E-state index < -0.39 is 21.6 Å². The Morgan fingerprint density at radius 2 is 2.12 bits per heavy atom. The maximum atomic E-state index is 12.0. The molecule has 0 aliphatic rings. The van der Waals surface area contributed by atoms with Crippen LogP contribution in [-0.4, -0.2) is 20.0 Å². The van der Waals surface area contributed by atoms with Crippen LogP contribution < -0.4 is 4.72 Å². The van der Waals surface area contributed by atoms with Gasteiger partial charge in [-0.25, -0.2) is 13.1 Å². The Morgan fingerprint density at radius 3 is 2.56 bits per heavy atom. The molecule has 0 saturated carbocycles. The van der Waals surface area contributed by atoms with E-state index in [0.717, 1.165) is 4.88 Å². The number of sulfonamides is 1. The first-order valence-corrected chi connectivity index (χ1v) is 6.69. The molecule has 1 N–H and O–H groups in total. The average Bonchev–Trinajstić information content (AvgIpc) is 2.52. The molecule has 1 aromatic rings. The van der Waals surface area contributed by atoms with Crippen LogP contribution in [0.4, 0.5) is 13.2 Å². The molecule has 1 atom stereocenters. The van der Waals surface area contributed by atoms with Crippen LogP contribution in [0.25, 0.3) is 0 Å². The molecule has 0 amide bonds. The van der Waals surface area contributed by atoms with Crippen molar-refractivity contribution in [3.8, 4) is 0 Å². The lowest BCUT2D eigenvalue weighted by atomic mass is 10.2. The van der Waals surface area contributed by atoms with Crippen molar-refractivity contribution in [1.29, 1.82) is 0 Å². The van der Waals surface area contributed by atoms with Crippen molar-refractivity contribution in [3.63, 3.8) is 0 Å². The molecule has 0 aromatic carbocycles. The Hall–Kier alpha value is -0.600. The maximum Gasteiger partial charge on any atom is 0.511 e. The van der Waals surface area contributed by atoms with Gasteiger partial charge in [0.15, 0.2) is 0 Å². The van der Waals surface area contributed by atoms with Crippen LogP contribution in [-0.2, 0) is 16.4 Å². The summed E-state index contributed by atoms with van der Waals surface area (Å²) in [5, 5.41) is 1.78. The molecular formula is C8H10F3NO2S2. The predicted octanol–water partition coefficient (Wildman–Crippen LogP) is 2.12. The summed E-state index contributed by atoms with van der Waals surface area (Å²) in [6, 6.07) is 2.71. The van der Waals surface area contributed by atoms with E-state index in [4.69, 9.17) is 0 Å². The minimum atomic E-state index is -5.25. The van der Waals surface area contributed by atoms with Crippen LogP contribution >= 0.6 is 11.3 Å². The second-order valence-electron chi connectivity index (χ2n) is 3.25. The van der Waals surface area contributed by atoms with E-state index in [1.807, 2.05) is 0 Å². The molecule has 16 heavy (non-hydrogen) atoms. The summed E-state index contributed by atoms with van der Waals surface area (Å²) >= 11 is 1.37. The quantitative estimate of drug-likeness (QED) is 0.913. The highest BCUT2D eigenvalue weighted by molar-refractivity contribution is 7.90. The van der Waals surface area contributed by atoms with Crippen LogP contribution in [0.1, 0.15) is 11.8 Å². The third kappa shape index (κ3) is 3.46. The normalized spacial score (nSPS) is 15.0. The van der Waals surface area contributed by atoms with Gasteiger partial charge in [-0.2, -0.15) is 13.2 Å². The van der Waals surface area contributed by atoms with Crippen LogP contribution in [0.15, 0.2) is 17.5 Å². The van der Waals surface area contributed by atoms with Crippen LogP contribution in [0, 0.1) is 0 Å². The van der Waals surface area contributed by atoms with Gasteiger partial charge in [-0.15, -0.1) is 11.3 Å². The van der Waals surface area contributed by atoms with Crippen LogP contribution in [0.3, 0.4) is 0 Å². The third-order valence-electron chi connectivity index (χ3n) is 1.75. The maximum absolute atomic E-state index is 12.0. The largest absolute Gasteiger partial charge is 0.511 e. The van der Waals surface area contributed by atoms with E-state index >= 15 is 0 Å². The summed E-state index contributed by atoms with van der Waals surface area (Å²) in [6.45, 7) is 1.39. The van der Waals surface area contributed by atoms with Gasteiger partial charge in [-0.1, -0.05) is 6.07 Å². The van der Waals surface area contributed by atoms with Gasteiger partial charge in [0.05, 0.1) is 0 Å². The highest BCUT2D eigenvalue weighted by Gasteiger charge is 2.46. The molecule has 0 aliphatic carbocycles. The van der Waals surface area contributed by atoms with Gasteiger partial charge in [0.25, 0.3) is 0 Å². The Balaban J connectivity index is 2.62. The number of rotatable bonds is 4. The van der Waals surface area contributed by atoms with Crippen molar-refractivity contribution in [2.45, 2.75) is 24.9 Å². The molecule has 0 spiro atoms. The van der Waals surface area contributed by atoms with Gasteiger partial charge in [-0.05, 0) is 24.8 Å². The molecule has 1 aromatic heterocycles. The van der Waals surface area contributed by atoms with E-state index in [2.05, 4.69) is 0 Å². The van der Waals surface area contributed by atoms with Crippen molar-refractivity contribution in [1.82, 2.24) is 4.72 Å². The highest BCUT2D eigenvalue weighted by Crippen LogP contribution is 2.22. The van der Waals surface area contributed by atoms with Crippen molar-refractivity contribution >= 4 is 21.4 Å². The number of halogens is 3. The summed E-state index contributed by atoms with van der Waals surface area (Å²) in [5.74, 6) is 0. The lowest BCUT2D eigenvalue weighted by Gasteiger charge is -2.14. The fraction of sp³-hybridized carbons (Fsp3) is 0.500. The van der Waals surface area contributed by atoms with Crippen molar-refractivity contribution < 1.29 is 21.6 Å². The number of hydrogen-bond donors (Lipinski definition) is 1. The SMILES string of the molecule is CC(Cc1cccs1)NS(=O)(=O)C(F)(F)F. The van der Waals surface area contributed by atoms with E-state index in [-0.39, 0.29) is 6.42 Å². The average molecular weight is 273 g/mol. The predicted molar refractivity (Wildman–Crippen MR) is 55.6 cm³/mol. The van der Waals surface area contributed by atoms with Crippen molar-refractivity contribution in [2.75, 3.05) is 0 Å². The fourth-order valence-electron chi connectivity index (χ4n) is 1.10. The molecule has 0 saturated heterocycles. The summed E-state index contributed by atoms with van der Waals surface area (Å²) < 4.78 is 59.2. The van der Waals surface area contributed by atoms with Gasteiger partial charge >= 0.3 is 15.5 Å². The van der Waals surface area contributed by atoms with Gasteiger partial charge in [-0.3, -0.25) is 0 Å². The summed E-state index contributed by atoms with van der Waals surface area (Å²) in [7, 11) is -5.25. The van der Waals surface area contributed by atoms with Crippen molar-refractivity contribution in [3.05, 3.63) is 22.4 Å². The smallest absolute Gasteiger partial charge is 0.204 e. The number of alkyl halides is 3.